The molecule has 3 rings (SSSR count). The molecule has 1 aromatic carbocycles. The Morgan fingerprint density at radius 2 is 1.72 bits per heavy atom. The second kappa shape index (κ2) is 10.9. The summed E-state index contributed by atoms with van der Waals surface area (Å²) in [6.07, 6.45) is 2.39. The molecule has 5 nitrogen and oxygen atoms in total. The van der Waals surface area contributed by atoms with E-state index in [0.29, 0.717) is 6.42 Å². The first-order valence-electron chi connectivity index (χ1n) is 10.8. The summed E-state index contributed by atoms with van der Waals surface area (Å²) < 4.78 is 0. The molecule has 1 amide bonds. The van der Waals surface area contributed by atoms with Crippen molar-refractivity contribution in [3.8, 4) is 10.6 Å². The Morgan fingerprint density at radius 3 is 2.34 bits per heavy atom. The maximum atomic E-state index is 12.6. The fourth-order valence-corrected chi connectivity index (χ4v) is 4.53. The van der Waals surface area contributed by atoms with Gasteiger partial charge in [0.2, 0.25) is 5.91 Å². The van der Waals surface area contributed by atoms with Crippen LogP contribution < -0.4 is 0 Å². The van der Waals surface area contributed by atoms with Gasteiger partial charge in [-0.2, -0.15) is 0 Å². The monoisotopic (exact) mass is 414 g/mol. The van der Waals surface area contributed by atoms with Crippen molar-refractivity contribution >= 4 is 17.2 Å². The molecule has 2 aromatic rings. The van der Waals surface area contributed by atoms with E-state index in [1.807, 2.05) is 10.3 Å². The molecule has 0 saturated carbocycles. The Balaban J connectivity index is 1.57. The predicted molar refractivity (Wildman–Crippen MR) is 121 cm³/mol. The molecule has 0 radical (unpaired) electrons. The molecule has 0 aliphatic carbocycles. The Morgan fingerprint density at radius 1 is 1.07 bits per heavy atom. The highest BCUT2D eigenvalue weighted by atomic mass is 32.1. The van der Waals surface area contributed by atoms with Gasteiger partial charge in [0, 0.05) is 56.8 Å². The number of thiazole rings is 1. The summed E-state index contributed by atoms with van der Waals surface area (Å²) in [4.78, 5) is 24.2. The standard InChI is InChI=1S/C23H34N4OS/c1-4-10-27(11-5-2)22(28)16-21-18-29-23(24-21)20-8-6-19(7-9-20)17-26-14-12-25(3)13-15-26/h6-9,18H,4-5,10-17H2,1-3H3. The van der Waals surface area contributed by atoms with E-state index in [1.54, 1.807) is 11.3 Å². The first-order valence-corrected chi connectivity index (χ1v) is 11.7. The first kappa shape index (κ1) is 21.9. The van der Waals surface area contributed by atoms with Crippen LogP contribution in [0.1, 0.15) is 37.9 Å². The SMILES string of the molecule is CCCN(CCC)C(=O)Cc1csc(-c2ccc(CN3CCN(C)CC3)cc2)n1. The van der Waals surface area contributed by atoms with Gasteiger partial charge in [-0.1, -0.05) is 38.1 Å². The van der Waals surface area contributed by atoms with Gasteiger partial charge in [0.1, 0.15) is 5.01 Å². The minimum Gasteiger partial charge on any atom is -0.342 e. The first-order chi connectivity index (χ1) is 14.1. The molecule has 1 aliphatic heterocycles. The number of carbonyl (C=O) groups excluding carboxylic acids is 1. The average Bonchev–Trinajstić information content (AvgIpc) is 3.18. The van der Waals surface area contributed by atoms with Crippen molar-refractivity contribution in [1.82, 2.24) is 19.7 Å². The third-order valence-corrected chi connectivity index (χ3v) is 6.37. The van der Waals surface area contributed by atoms with Crippen molar-refractivity contribution in [3.63, 3.8) is 0 Å². The van der Waals surface area contributed by atoms with Gasteiger partial charge in [-0.05, 0) is 25.5 Å². The van der Waals surface area contributed by atoms with Gasteiger partial charge in [-0.25, -0.2) is 4.98 Å². The number of nitrogens with zero attached hydrogens (tertiary/aromatic N) is 4. The molecular weight excluding hydrogens is 380 g/mol. The summed E-state index contributed by atoms with van der Waals surface area (Å²) in [5.74, 6) is 0.188. The zero-order chi connectivity index (χ0) is 20.6. The van der Waals surface area contributed by atoms with Crippen LogP contribution in [0.3, 0.4) is 0 Å². The normalized spacial score (nSPS) is 15.6. The number of benzene rings is 1. The van der Waals surface area contributed by atoms with Gasteiger partial charge in [0.15, 0.2) is 0 Å². The van der Waals surface area contributed by atoms with E-state index in [4.69, 9.17) is 4.98 Å². The van der Waals surface area contributed by atoms with Gasteiger partial charge in [-0.15, -0.1) is 11.3 Å². The van der Waals surface area contributed by atoms with Crippen molar-refractivity contribution in [2.24, 2.45) is 0 Å². The van der Waals surface area contributed by atoms with Gasteiger partial charge in [-0.3, -0.25) is 9.69 Å². The van der Waals surface area contributed by atoms with Crippen LogP contribution in [0, 0.1) is 0 Å². The molecule has 0 bridgehead atoms. The van der Waals surface area contributed by atoms with Crippen LogP contribution in [0.5, 0.6) is 0 Å². The summed E-state index contributed by atoms with van der Waals surface area (Å²) in [7, 11) is 2.19. The molecule has 1 saturated heterocycles. The molecule has 158 valence electrons. The quantitative estimate of drug-likeness (QED) is 0.627. The summed E-state index contributed by atoms with van der Waals surface area (Å²) in [6, 6.07) is 8.75. The topological polar surface area (TPSA) is 39.7 Å². The van der Waals surface area contributed by atoms with E-state index in [0.717, 1.165) is 74.9 Å². The Bertz CT molecular complexity index is 759. The number of amides is 1. The summed E-state index contributed by atoms with van der Waals surface area (Å²) in [5.41, 5.74) is 3.36. The highest BCUT2D eigenvalue weighted by Crippen LogP contribution is 2.25. The Hall–Kier alpha value is -1.76. The van der Waals surface area contributed by atoms with Crippen LogP contribution in [0.25, 0.3) is 10.6 Å². The Kier molecular flexibility index (Phi) is 8.21. The van der Waals surface area contributed by atoms with E-state index >= 15 is 0 Å². The van der Waals surface area contributed by atoms with Gasteiger partial charge >= 0.3 is 0 Å². The molecular formula is C23H34N4OS. The van der Waals surface area contributed by atoms with Crippen molar-refractivity contribution in [2.45, 2.75) is 39.7 Å². The number of likely N-dealkylation sites (N-methyl/N-ethyl adjacent to an activating group) is 1. The molecule has 1 aliphatic rings. The van der Waals surface area contributed by atoms with Gasteiger partial charge in [0.25, 0.3) is 0 Å². The number of aromatic nitrogens is 1. The lowest BCUT2D eigenvalue weighted by Gasteiger charge is -2.32. The van der Waals surface area contributed by atoms with Crippen molar-refractivity contribution in [2.75, 3.05) is 46.3 Å². The molecule has 29 heavy (non-hydrogen) atoms. The zero-order valence-electron chi connectivity index (χ0n) is 18.1. The number of piperazine rings is 1. The van der Waals surface area contributed by atoms with Crippen LogP contribution in [-0.4, -0.2) is 71.9 Å². The van der Waals surface area contributed by atoms with Crippen LogP contribution in [0.4, 0.5) is 0 Å². The summed E-state index contributed by atoms with van der Waals surface area (Å²) >= 11 is 1.63. The predicted octanol–water partition coefficient (Wildman–Crippen LogP) is 3.75. The molecule has 1 aromatic heterocycles. The van der Waals surface area contributed by atoms with E-state index in [9.17, 15) is 4.79 Å². The van der Waals surface area contributed by atoms with E-state index in [1.165, 1.54) is 5.56 Å². The number of carbonyl (C=O) groups is 1. The van der Waals surface area contributed by atoms with Crippen molar-refractivity contribution in [3.05, 3.63) is 40.9 Å². The van der Waals surface area contributed by atoms with Crippen LogP contribution in [0.15, 0.2) is 29.6 Å². The molecule has 0 unspecified atom stereocenters. The van der Waals surface area contributed by atoms with E-state index < -0.39 is 0 Å². The van der Waals surface area contributed by atoms with E-state index in [-0.39, 0.29) is 5.91 Å². The Labute approximate surface area is 179 Å². The molecule has 1 fully saturated rings. The highest BCUT2D eigenvalue weighted by Gasteiger charge is 2.16. The lowest BCUT2D eigenvalue weighted by Crippen LogP contribution is -2.43. The lowest BCUT2D eigenvalue weighted by atomic mass is 10.1. The second-order valence-corrected chi connectivity index (χ2v) is 8.84. The maximum Gasteiger partial charge on any atom is 0.228 e. The fourth-order valence-electron chi connectivity index (χ4n) is 3.71. The van der Waals surface area contributed by atoms with Crippen LogP contribution in [-0.2, 0) is 17.8 Å². The third kappa shape index (κ3) is 6.36. The summed E-state index contributed by atoms with van der Waals surface area (Å²) in [5, 5.41) is 3.03. The fraction of sp³-hybridized carbons (Fsp3) is 0.565. The highest BCUT2D eigenvalue weighted by molar-refractivity contribution is 7.13. The number of rotatable bonds is 9. The molecule has 0 atom stereocenters. The minimum absolute atomic E-state index is 0.188. The minimum atomic E-state index is 0.188. The third-order valence-electron chi connectivity index (χ3n) is 5.43. The molecule has 2 heterocycles. The maximum absolute atomic E-state index is 12.6. The van der Waals surface area contributed by atoms with Crippen molar-refractivity contribution < 1.29 is 4.79 Å². The second-order valence-electron chi connectivity index (χ2n) is 7.98. The van der Waals surface area contributed by atoms with Crippen molar-refractivity contribution in [1.29, 1.82) is 0 Å². The molecule has 0 N–H and O–H groups in total. The molecule has 6 heteroatoms. The van der Waals surface area contributed by atoms with Gasteiger partial charge in [0.05, 0.1) is 12.1 Å². The zero-order valence-corrected chi connectivity index (χ0v) is 18.9. The number of hydrogen-bond donors (Lipinski definition) is 0. The smallest absolute Gasteiger partial charge is 0.228 e. The number of hydrogen-bond acceptors (Lipinski definition) is 5. The molecule has 0 spiro atoms. The van der Waals surface area contributed by atoms with Gasteiger partial charge < -0.3 is 9.80 Å². The summed E-state index contributed by atoms with van der Waals surface area (Å²) in [6.45, 7) is 11.5. The lowest BCUT2D eigenvalue weighted by molar-refractivity contribution is -0.130. The van der Waals surface area contributed by atoms with Crippen LogP contribution in [0.2, 0.25) is 0 Å². The largest absolute Gasteiger partial charge is 0.342 e. The average molecular weight is 415 g/mol. The van der Waals surface area contributed by atoms with Crippen LogP contribution >= 0.6 is 11.3 Å². The van der Waals surface area contributed by atoms with E-state index in [2.05, 4.69) is 55.0 Å².